The minimum Gasteiger partial charge on any atom is -0.506 e. The number of benzene rings is 1. The van der Waals surface area contributed by atoms with Crippen molar-refractivity contribution >= 4 is 17.9 Å². The molecule has 0 fully saturated rings. The molecule has 2 N–H and O–H groups in total. The first kappa shape index (κ1) is 18.5. The second-order valence-electron chi connectivity index (χ2n) is 4.53. The second kappa shape index (κ2) is 8.79. The smallest absolute Gasteiger partial charge is 0.343 e. The Morgan fingerprint density at radius 2 is 1.87 bits per heavy atom. The maximum Gasteiger partial charge on any atom is 0.343 e. The predicted octanol–water partition coefficient (Wildman–Crippen LogP) is 1.52. The zero-order valence-electron chi connectivity index (χ0n) is 13.6. The van der Waals surface area contributed by atoms with Crippen molar-refractivity contribution in [3.63, 3.8) is 0 Å². The van der Waals surface area contributed by atoms with Crippen LogP contribution in [0.1, 0.15) is 11.1 Å². The summed E-state index contributed by atoms with van der Waals surface area (Å²) in [6.07, 6.45) is 1.16. The van der Waals surface area contributed by atoms with Crippen LogP contribution in [0.15, 0.2) is 22.7 Å². The van der Waals surface area contributed by atoms with Crippen molar-refractivity contribution in [1.29, 1.82) is 0 Å². The Kier molecular flexibility index (Phi) is 7.08. The molecule has 0 aliphatic carbocycles. The van der Waals surface area contributed by atoms with Crippen molar-refractivity contribution in [3.05, 3.63) is 28.8 Å². The van der Waals surface area contributed by atoms with Gasteiger partial charge >= 0.3 is 5.97 Å². The van der Waals surface area contributed by atoms with Gasteiger partial charge in [-0.2, -0.15) is 0 Å². The van der Waals surface area contributed by atoms with Gasteiger partial charge in [-0.3, -0.25) is 4.99 Å². The lowest BCUT2D eigenvalue weighted by atomic mass is 10.0. The lowest BCUT2D eigenvalue weighted by molar-refractivity contribution is -0.135. The van der Waals surface area contributed by atoms with Crippen LogP contribution in [0, 0.1) is 6.92 Å². The minimum absolute atomic E-state index is 0.104. The molecule has 7 heteroatoms. The summed E-state index contributed by atoms with van der Waals surface area (Å²) in [5.74, 6) is -0.158. The Morgan fingerprint density at radius 3 is 2.39 bits per heavy atom. The molecule has 0 spiro atoms. The summed E-state index contributed by atoms with van der Waals surface area (Å²) >= 11 is 0. The first-order valence-corrected chi connectivity index (χ1v) is 6.85. The van der Waals surface area contributed by atoms with Crippen LogP contribution in [0.25, 0.3) is 5.76 Å². The number of hydrogen-bond donors (Lipinski definition) is 2. The van der Waals surface area contributed by atoms with E-state index in [-0.39, 0.29) is 24.5 Å². The van der Waals surface area contributed by atoms with Gasteiger partial charge in [0.25, 0.3) is 0 Å². The molecule has 1 aromatic carbocycles. The number of ether oxygens (including phenoxy) is 3. The summed E-state index contributed by atoms with van der Waals surface area (Å²) in [7, 11) is 4.17. The van der Waals surface area contributed by atoms with Gasteiger partial charge in [0, 0.05) is 12.3 Å². The summed E-state index contributed by atoms with van der Waals surface area (Å²) < 4.78 is 15.1. The summed E-state index contributed by atoms with van der Waals surface area (Å²) in [4.78, 5) is 15.7. The average molecular weight is 323 g/mol. The monoisotopic (exact) mass is 323 g/mol. The highest BCUT2D eigenvalue weighted by Gasteiger charge is 2.20. The number of aliphatic hydroxyl groups excluding tert-OH is 2. The van der Waals surface area contributed by atoms with E-state index in [0.717, 1.165) is 11.8 Å². The molecule has 0 atom stereocenters. The molecule has 0 bridgehead atoms. The number of methoxy groups -OCH3 is 3. The van der Waals surface area contributed by atoms with E-state index >= 15 is 0 Å². The zero-order chi connectivity index (χ0) is 17.4. The quantitative estimate of drug-likeness (QED) is 0.342. The third kappa shape index (κ3) is 4.46. The molecular weight excluding hydrogens is 302 g/mol. The Hall–Kier alpha value is -2.54. The second-order valence-corrected chi connectivity index (χ2v) is 4.53. The summed E-state index contributed by atoms with van der Waals surface area (Å²) in [5, 5.41) is 19.2. The molecule has 7 nitrogen and oxygen atoms in total. The van der Waals surface area contributed by atoms with Crippen molar-refractivity contribution in [2.45, 2.75) is 6.92 Å². The SMILES string of the molecule is COC(=O)C(C=NCCO)=C(O)c1cc(C)c(OC)cc1OC. The van der Waals surface area contributed by atoms with Gasteiger partial charge in [0.05, 0.1) is 40.0 Å². The van der Waals surface area contributed by atoms with Gasteiger partial charge in [-0.1, -0.05) is 0 Å². The van der Waals surface area contributed by atoms with Crippen molar-refractivity contribution in [2.24, 2.45) is 4.99 Å². The first-order valence-electron chi connectivity index (χ1n) is 6.85. The Morgan fingerprint density at radius 1 is 1.22 bits per heavy atom. The van der Waals surface area contributed by atoms with E-state index in [1.165, 1.54) is 21.3 Å². The highest BCUT2D eigenvalue weighted by molar-refractivity contribution is 6.15. The maximum atomic E-state index is 11.9. The maximum absolute atomic E-state index is 11.9. The van der Waals surface area contributed by atoms with Crippen molar-refractivity contribution < 1.29 is 29.2 Å². The van der Waals surface area contributed by atoms with Crippen LogP contribution >= 0.6 is 0 Å². The third-order valence-electron chi connectivity index (χ3n) is 3.08. The Bertz CT molecular complexity index is 621. The van der Waals surface area contributed by atoms with E-state index in [2.05, 4.69) is 9.73 Å². The average Bonchev–Trinajstić information content (AvgIpc) is 2.57. The zero-order valence-corrected chi connectivity index (χ0v) is 13.6. The largest absolute Gasteiger partial charge is 0.506 e. The van der Waals surface area contributed by atoms with E-state index in [0.29, 0.717) is 17.1 Å². The van der Waals surface area contributed by atoms with Crippen LogP contribution in [-0.4, -0.2) is 56.9 Å². The minimum atomic E-state index is -0.750. The molecule has 0 aliphatic heterocycles. The first-order chi connectivity index (χ1) is 11.0. The van der Waals surface area contributed by atoms with Crippen molar-refractivity contribution in [1.82, 2.24) is 0 Å². The molecule has 0 heterocycles. The van der Waals surface area contributed by atoms with Gasteiger partial charge in [-0.05, 0) is 18.6 Å². The lowest BCUT2D eigenvalue weighted by Crippen LogP contribution is -2.10. The molecule has 0 radical (unpaired) electrons. The highest BCUT2D eigenvalue weighted by Crippen LogP contribution is 2.33. The van der Waals surface area contributed by atoms with E-state index < -0.39 is 5.97 Å². The van der Waals surface area contributed by atoms with Gasteiger partial charge in [0.15, 0.2) is 0 Å². The van der Waals surface area contributed by atoms with Crippen LogP contribution in [0.5, 0.6) is 11.5 Å². The normalized spacial score (nSPS) is 12.0. The molecule has 0 saturated heterocycles. The highest BCUT2D eigenvalue weighted by atomic mass is 16.5. The number of esters is 1. The molecule has 0 amide bonds. The van der Waals surface area contributed by atoms with Crippen LogP contribution in [0.2, 0.25) is 0 Å². The molecule has 0 saturated carbocycles. The number of carbonyl (C=O) groups is 1. The fourth-order valence-corrected chi connectivity index (χ4v) is 1.92. The van der Waals surface area contributed by atoms with Gasteiger partial charge in [-0.25, -0.2) is 4.79 Å². The van der Waals surface area contributed by atoms with E-state index in [1.54, 1.807) is 19.1 Å². The molecule has 0 aliphatic rings. The molecule has 1 rings (SSSR count). The van der Waals surface area contributed by atoms with Gasteiger partial charge in [-0.15, -0.1) is 0 Å². The molecular formula is C16H21NO6. The topological polar surface area (TPSA) is 97.6 Å². The van der Waals surface area contributed by atoms with Crippen molar-refractivity contribution in [3.8, 4) is 11.5 Å². The standard InChI is InChI=1S/C16H21NO6/c1-10-7-11(14(22-3)8-13(10)21-2)15(19)12(16(20)23-4)9-17-5-6-18/h7-9,18-19H,5-6H2,1-4H3. The van der Waals surface area contributed by atoms with Crippen LogP contribution < -0.4 is 9.47 Å². The summed E-state index contributed by atoms with van der Waals surface area (Å²) in [6.45, 7) is 1.73. The number of aliphatic imine (C=N–C) groups is 1. The summed E-state index contributed by atoms with van der Waals surface area (Å²) in [6, 6.07) is 3.25. The number of aryl methyl sites for hydroxylation is 1. The van der Waals surface area contributed by atoms with Gasteiger partial charge in [0.2, 0.25) is 0 Å². The number of aliphatic hydroxyl groups is 2. The predicted molar refractivity (Wildman–Crippen MR) is 86.3 cm³/mol. The fraction of sp³-hybridized carbons (Fsp3) is 0.375. The number of nitrogens with zero attached hydrogens (tertiary/aromatic N) is 1. The van der Waals surface area contributed by atoms with Crippen LogP contribution in [0.4, 0.5) is 0 Å². The molecule has 0 aromatic heterocycles. The molecule has 23 heavy (non-hydrogen) atoms. The molecule has 126 valence electrons. The number of rotatable bonds is 7. The number of carbonyl (C=O) groups excluding carboxylic acids is 1. The lowest BCUT2D eigenvalue weighted by Gasteiger charge is -2.13. The van der Waals surface area contributed by atoms with E-state index in [4.69, 9.17) is 14.6 Å². The van der Waals surface area contributed by atoms with Gasteiger partial charge in [0.1, 0.15) is 22.8 Å². The Labute approximate surface area is 134 Å². The molecule has 1 aromatic rings. The number of hydrogen-bond acceptors (Lipinski definition) is 7. The van der Waals surface area contributed by atoms with E-state index in [1.807, 2.05) is 0 Å². The van der Waals surface area contributed by atoms with Crippen LogP contribution in [0.3, 0.4) is 0 Å². The Balaban J connectivity index is 3.48. The third-order valence-corrected chi connectivity index (χ3v) is 3.08. The fourth-order valence-electron chi connectivity index (χ4n) is 1.92. The van der Waals surface area contributed by atoms with Crippen molar-refractivity contribution in [2.75, 3.05) is 34.5 Å². The molecule has 0 unspecified atom stereocenters. The van der Waals surface area contributed by atoms with Crippen LogP contribution in [-0.2, 0) is 9.53 Å². The summed E-state index contributed by atoms with van der Waals surface area (Å²) in [5.41, 5.74) is 0.928. The van der Waals surface area contributed by atoms with Gasteiger partial charge < -0.3 is 24.4 Å². The van der Waals surface area contributed by atoms with E-state index in [9.17, 15) is 9.90 Å².